The molecule has 1 fully saturated rings. The van der Waals surface area contributed by atoms with Crippen LogP contribution in [0.2, 0.25) is 0 Å². The van der Waals surface area contributed by atoms with Crippen molar-refractivity contribution in [2.45, 2.75) is 19.1 Å². The lowest BCUT2D eigenvalue weighted by Crippen LogP contribution is -2.32. The first-order valence-corrected chi connectivity index (χ1v) is 6.91. The minimum absolute atomic E-state index is 0.0196. The molecule has 0 unspecified atom stereocenters. The molecular formula is C14H16F3N3O3. The quantitative estimate of drug-likeness (QED) is 0.878. The van der Waals surface area contributed by atoms with Crippen LogP contribution in [0.5, 0.6) is 5.88 Å². The molecule has 0 saturated carbocycles. The van der Waals surface area contributed by atoms with Gasteiger partial charge in [-0.3, -0.25) is 9.59 Å². The largest absolute Gasteiger partial charge is 0.468 e. The van der Waals surface area contributed by atoms with Crippen molar-refractivity contribution < 1.29 is 27.5 Å². The summed E-state index contributed by atoms with van der Waals surface area (Å²) < 4.78 is 41.3. The van der Waals surface area contributed by atoms with E-state index >= 15 is 0 Å². The summed E-state index contributed by atoms with van der Waals surface area (Å²) in [5, 5.41) is 2.60. The first-order valence-electron chi connectivity index (χ1n) is 6.91. The van der Waals surface area contributed by atoms with Crippen molar-refractivity contribution in [1.82, 2.24) is 15.2 Å². The van der Waals surface area contributed by atoms with Crippen LogP contribution in [0.25, 0.3) is 0 Å². The van der Waals surface area contributed by atoms with Gasteiger partial charge in [0.2, 0.25) is 17.7 Å². The number of halogens is 3. The molecule has 0 bridgehead atoms. The molecule has 1 aromatic rings. The van der Waals surface area contributed by atoms with Gasteiger partial charge in [-0.15, -0.1) is 0 Å². The van der Waals surface area contributed by atoms with Gasteiger partial charge in [-0.2, -0.15) is 13.2 Å². The van der Waals surface area contributed by atoms with Crippen molar-refractivity contribution in [3.8, 4) is 5.88 Å². The zero-order valence-corrected chi connectivity index (χ0v) is 12.4. The number of amides is 2. The molecule has 2 heterocycles. The number of nitrogens with zero attached hydrogens (tertiary/aromatic N) is 2. The first-order chi connectivity index (χ1) is 10.8. The standard InChI is InChI=1S/C14H16F3N3O3/c1-20-7-10(5-11(20)21)12(22)19-6-9-3-2-4-18-13(9)23-8-14(15,16)17/h2-4,10H,5-8H2,1H3,(H,19,22)/t10-/m1/s1. The maximum Gasteiger partial charge on any atom is 0.422 e. The highest BCUT2D eigenvalue weighted by molar-refractivity contribution is 5.89. The second-order valence-corrected chi connectivity index (χ2v) is 5.26. The highest BCUT2D eigenvalue weighted by Gasteiger charge is 2.32. The van der Waals surface area contributed by atoms with E-state index in [-0.39, 0.29) is 30.7 Å². The van der Waals surface area contributed by atoms with Crippen LogP contribution >= 0.6 is 0 Å². The van der Waals surface area contributed by atoms with Gasteiger partial charge < -0.3 is 15.0 Å². The van der Waals surface area contributed by atoms with Crippen molar-refractivity contribution in [3.05, 3.63) is 23.9 Å². The number of pyridine rings is 1. The molecule has 1 saturated heterocycles. The van der Waals surface area contributed by atoms with Crippen LogP contribution < -0.4 is 10.1 Å². The lowest BCUT2D eigenvalue weighted by atomic mass is 10.1. The summed E-state index contributed by atoms with van der Waals surface area (Å²) in [6.45, 7) is -1.14. The average molecular weight is 331 g/mol. The Kier molecular flexibility index (Phi) is 5.07. The van der Waals surface area contributed by atoms with E-state index in [1.165, 1.54) is 23.2 Å². The first kappa shape index (κ1) is 17.0. The summed E-state index contributed by atoms with van der Waals surface area (Å²) in [5.74, 6) is -1.07. The van der Waals surface area contributed by atoms with E-state index in [1.807, 2.05) is 0 Å². The second kappa shape index (κ2) is 6.84. The Balaban J connectivity index is 1.93. The Labute approximate surface area is 130 Å². The molecule has 1 N–H and O–H groups in total. The van der Waals surface area contributed by atoms with Gasteiger partial charge in [0, 0.05) is 38.3 Å². The third kappa shape index (κ3) is 4.83. The van der Waals surface area contributed by atoms with Gasteiger partial charge in [-0.1, -0.05) is 6.07 Å². The van der Waals surface area contributed by atoms with E-state index in [4.69, 9.17) is 0 Å². The number of ether oxygens (including phenoxy) is 1. The van der Waals surface area contributed by atoms with Gasteiger partial charge in [0.15, 0.2) is 6.61 Å². The number of hydrogen-bond donors (Lipinski definition) is 1. The Hall–Kier alpha value is -2.32. The van der Waals surface area contributed by atoms with Crippen molar-refractivity contribution in [2.75, 3.05) is 20.2 Å². The predicted octanol–water partition coefficient (Wildman–Crippen LogP) is 1.12. The number of carbonyl (C=O) groups is 2. The summed E-state index contributed by atoms with van der Waals surface area (Å²) in [4.78, 5) is 28.6. The van der Waals surface area contributed by atoms with E-state index in [1.54, 1.807) is 7.05 Å². The Morgan fingerprint density at radius 2 is 2.26 bits per heavy atom. The second-order valence-electron chi connectivity index (χ2n) is 5.26. The zero-order chi connectivity index (χ0) is 17.0. The molecule has 1 aromatic heterocycles. The van der Waals surface area contributed by atoms with Gasteiger partial charge in [-0.05, 0) is 6.07 Å². The fourth-order valence-corrected chi connectivity index (χ4v) is 2.20. The van der Waals surface area contributed by atoms with Crippen LogP contribution in [0.3, 0.4) is 0 Å². The molecule has 0 radical (unpaired) electrons. The number of alkyl halides is 3. The molecule has 6 nitrogen and oxygen atoms in total. The lowest BCUT2D eigenvalue weighted by Gasteiger charge is -2.14. The smallest absolute Gasteiger partial charge is 0.422 e. The maximum atomic E-state index is 12.2. The molecule has 1 aliphatic rings. The minimum atomic E-state index is -4.47. The highest BCUT2D eigenvalue weighted by atomic mass is 19.4. The third-order valence-corrected chi connectivity index (χ3v) is 3.39. The van der Waals surface area contributed by atoms with E-state index in [0.29, 0.717) is 12.1 Å². The summed E-state index contributed by atoms with van der Waals surface area (Å²) in [6.07, 6.45) is -3.03. The van der Waals surface area contributed by atoms with Gasteiger partial charge >= 0.3 is 6.18 Å². The number of nitrogens with one attached hydrogen (secondary N) is 1. The summed E-state index contributed by atoms with van der Waals surface area (Å²) in [7, 11) is 1.61. The topological polar surface area (TPSA) is 71.5 Å². The van der Waals surface area contributed by atoms with Crippen molar-refractivity contribution in [1.29, 1.82) is 0 Å². The van der Waals surface area contributed by atoms with E-state index in [9.17, 15) is 22.8 Å². The molecule has 2 amide bonds. The van der Waals surface area contributed by atoms with Crippen LogP contribution in [0.15, 0.2) is 18.3 Å². The van der Waals surface area contributed by atoms with Gasteiger partial charge in [0.25, 0.3) is 0 Å². The van der Waals surface area contributed by atoms with Crippen LogP contribution in [-0.2, 0) is 16.1 Å². The number of hydrogen-bond acceptors (Lipinski definition) is 4. The number of aromatic nitrogens is 1. The molecule has 126 valence electrons. The molecule has 0 aromatic carbocycles. The summed E-state index contributed by atoms with van der Waals surface area (Å²) in [5.41, 5.74) is 0.336. The van der Waals surface area contributed by atoms with Crippen molar-refractivity contribution in [2.24, 2.45) is 5.92 Å². The van der Waals surface area contributed by atoms with Crippen LogP contribution in [-0.4, -0.2) is 48.1 Å². The molecule has 1 aliphatic heterocycles. The molecule has 9 heteroatoms. The third-order valence-electron chi connectivity index (χ3n) is 3.39. The summed E-state index contributed by atoms with van der Waals surface area (Å²) >= 11 is 0. The average Bonchev–Trinajstić information content (AvgIpc) is 2.82. The molecule has 0 aliphatic carbocycles. The Bertz CT molecular complexity index is 592. The van der Waals surface area contributed by atoms with E-state index in [0.717, 1.165) is 0 Å². The maximum absolute atomic E-state index is 12.2. The van der Waals surface area contributed by atoms with Gasteiger partial charge in [0.1, 0.15) is 0 Å². The van der Waals surface area contributed by atoms with Gasteiger partial charge in [0.05, 0.1) is 5.92 Å². The van der Waals surface area contributed by atoms with Crippen LogP contribution in [0.4, 0.5) is 13.2 Å². The highest BCUT2D eigenvalue weighted by Crippen LogP contribution is 2.20. The summed E-state index contributed by atoms with van der Waals surface area (Å²) in [6, 6.07) is 3.06. The zero-order valence-electron chi connectivity index (χ0n) is 12.4. The van der Waals surface area contributed by atoms with Crippen LogP contribution in [0, 0.1) is 5.92 Å². The minimum Gasteiger partial charge on any atom is -0.468 e. The molecular weight excluding hydrogens is 315 g/mol. The van der Waals surface area contributed by atoms with Crippen LogP contribution in [0.1, 0.15) is 12.0 Å². The van der Waals surface area contributed by atoms with E-state index < -0.39 is 18.7 Å². The van der Waals surface area contributed by atoms with Gasteiger partial charge in [-0.25, -0.2) is 4.98 Å². The lowest BCUT2D eigenvalue weighted by molar-refractivity contribution is -0.154. The molecule has 1 atom stereocenters. The molecule has 2 rings (SSSR count). The normalized spacial score (nSPS) is 18.2. The van der Waals surface area contributed by atoms with E-state index in [2.05, 4.69) is 15.0 Å². The number of likely N-dealkylation sites (tertiary alicyclic amines) is 1. The molecule has 0 spiro atoms. The fraction of sp³-hybridized carbons (Fsp3) is 0.500. The fourth-order valence-electron chi connectivity index (χ4n) is 2.20. The Morgan fingerprint density at radius 1 is 1.52 bits per heavy atom. The van der Waals surface area contributed by atoms with Crippen molar-refractivity contribution in [3.63, 3.8) is 0 Å². The van der Waals surface area contributed by atoms with Crippen molar-refractivity contribution >= 4 is 11.8 Å². The number of rotatable bonds is 5. The SMILES string of the molecule is CN1C[C@H](C(=O)NCc2cccnc2OCC(F)(F)F)CC1=O. The number of carbonyl (C=O) groups excluding carboxylic acids is 2. The predicted molar refractivity (Wildman–Crippen MR) is 73.4 cm³/mol. The Morgan fingerprint density at radius 3 is 2.87 bits per heavy atom. The molecule has 23 heavy (non-hydrogen) atoms. The monoisotopic (exact) mass is 331 g/mol.